The smallest absolute Gasteiger partial charge is 0.422 e. The van der Waals surface area contributed by atoms with E-state index in [0.29, 0.717) is 6.92 Å². The van der Waals surface area contributed by atoms with Gasteiger partial charge in [-0.05, 0) is 6.92 Å². The lowest BCUT2D eigenvalue weighted by Crippen LogP contribution is -2.40. The standard InChI is InChI=1S/C8H11F4IO2/c1-5(14)15-4-6(13)3-7(2,9)8(10,11)12/h6H,3-4H2,1-2H3. The predicted octanol–water partition coefficient (Wildman–Crippen LogP) is 3.03. The van der Waals surface area contributed by atoms with Crippen LogP contribution in [0.1, 0.15) is 20.3 Å². The minimum Gasteiger partial charge on any atom is -0.465 e. The summed E-state index contributed by atoms with van der Waals surface area (Å²) in [6, 6.07) is 0. The van der Waals surface area contributed by atoms with Gasteiger partial charge in [-0.1, -0.05) is 22.6 Å². The van der Waals surface area contributed by atoms with Gasteiger partial charge in [-0.3, -0.25) is 4.79 Å². The first-order valence-electron chi connectivity index (χ1n) is 4.09. The molecule has 0 aromatic heterocycles. The van der Waals surface area contributed by atoms with Crippen LogP contribution in [0.2, 0.25) is 0 Å². The van der Waals surface area contributed by atoms with E-state index in [0.717, 1.165) is 6.92 Å². The van der Waals surface area contributed by atoms with E-state index in [1.165, 1.54) is 0 Å². The summed E-state index contributed by atoms with van der Waals surface area (Å²) in [6.07, 6.45) is -5.63. The maximum Gasteiger partial charge on any atom is 0.422 e. The molecule has 90 valence electrons. The molecule has 0 heterocycles. The van der Waals surface area contributed by atoms with E-state index in [2.05, 4.69) is 4.74 Å². The first-order chi connectivity index (χ1) is 6.56. The SMILES string of the molecule is CC(=O)OCC(I)CC(C)(F)C(F)(F)F. The molecular formula is C8H11F4IO2. The molecule has 0 fully saturated rings. The molecule has 0 radical (unpaired) electrons. The molecule has 0 amide bonds. The van der Waals surface area contributed by atoms with Crippen molar-refractivity contribution in [2.24, 2.45) is 0 Å². The van der Waals surface area contributed by atoms with Crippen LogP contribution in [-0.4, -0.2) is 28.3 Å². The van der Waals surface area contributed by atoms with Gasteiger partial charge in [-0.25, -0.2) is 4.39 Å². The molecule has 2 nitrogen and oxygen atoms in total. The second-order valence-corrected chi connectivity index (χ2v) is 5.06. The maximum absolute atomic E-state index is 13.1. The Labute approximate surface area is 98.5 Å². The lowest BCUT2D eigenvalue weighted by molar-refractivity contribution is -0.225. The first-order valence-corrected chi connectivity index (χ1v) is 5.34. The number of halogens is 5. The summed E-state index contributed by atoms with van der Waals surface area (Å²) >= 11 is 1.62. The zero-order chi connectivity index (χ0) is 12.3. The fourth-order valence-electron chi connectivity index (χ4n) is 0.798. The topological polar surface area (TPSA) is 26.3 Å². The number of hydrogen-bond acceptors (Lipinski definition) is 2. The van der Waals surface area contributed by atoms with Crippen LogP contribution in [-0.2, 0) is 9.53 Å². The Morgan fingerprint density at radius 1 is 1.40 bits per heavy atom. The second-order valence-electron chi connectivity index (χ2n) is 3.30. The highest BCUT2D eigenvalue weighted by Gasteiger charge is 2.52. The average Bonchev–Trinajstić information content (AvgIpc) is 1.97. The predicted molar refractivity (Wildman–Crippen MR) is 54.6 cm³/mol. The first kappa shape index (κ1) is 14.9. The van der Waals surface area contributed by atoms with Gasteiger partial charge in [0, 0.05) is 17.3 Å². The summed E-state index contributed by atoms with van der Waals surface area (Å²) in [4.78, 5) is 10.4. The van der Waals surface area contributed by atoms with Gasteiger partial charge < -0.3 is 4.74 Å². The maximum atomic E-state index is 13.1. The zero-order valence-corrected chi connectivity index (χ0v) is 10.4. The van der Waals surface area contributed by atoms with Gasteiger partial charge >= 0.3 is 12.1 Å². The Morgan fingerprint density at radius 2 is 1.87 bits per heavy atom. The molecule has 0 saturated carbocycles. The van der Waals surface area contributed by atoms with Gasteiger partial charge in [-0.15, -0.1) is 0 Å². The molecule has 0 aromatic carbocycles. The second kappa shape index (κ2) is 5.31. The molecule has 7 heteroatoms. The zero-order valence-electron chi connectivity index (χ0n) is 8.20. The quantitative estimate of drug-likeness (QED) is 0.340. The molecule has 0 bridgehead atoms. The number of esters is 1. The Hall–Kier alpha value is -0.0800. The molecular weight excluding hydrogens is 331 g/mol. The van der Waals surface area contributed by atoms with Crippen LogP contribution >= 0.6 is 22.6 Å². The van der Waals surface area contributed by atoms with Crippen molar-refractivity contribution in [2.45, 2.75) is 36.0 Å². The van der Waals surface area contributed by atoms with Crippen molar-refractivity contribution in [3.05, 3.63) is 0 Å². The summed E-state index contributed by atoms with van der Waals surface area (Å²) in [5.74, 6) is -0.593. The van der Waals surface area contributed by atoms with Gasteiger partial charge in [0.05, 0.1) is 0 Å². The third-order valence-corrected chi connectivity index (χ3v) is 2.46. The van der Waals surface area contributed by atoms with Crippen LogP contribution in [0.25, 0.3) is 0 Å². The van der Waals surface area contributed by atoms with E-state index in [-0.39, 0.29) is 6.61 Å². The third kappa shape index (κ3) is 5.53. The van der Waals surface area contributed by atoms with Crippen molar-refractivity contribution in [1.29, 1.82) is 0 Å². The highest BCUT2D eigenvalue weighted by atomic mass is 127. The van der Waals surface area contributed by atoms with Crippen LogP contribution in [0.15, 0.2) is 0 Å². The number of ether oxygens (including phenoxy) is 1. The van der Waals surface area contributed by atoms with Crippen LogP contribution < -0.4 is 0 Å². The van der Waals surface area contributed by atoms with E-state index in [9.17, 15) is 22.4 Å². The molecule has 0 N–H and O–H groups in total. The van der Waals surface area contributed by atoms with Gasteiger partial charge in [-0.2, -0.15) is 13.2 Å². The molecule has 0 spiro atoms. The van der Waals surface area contributed by atoms with Crippen molar-refractivity contribution in [2.75, 3.05) is 6.61 Å². The van der Waals surface area contributed by atoms with Crippen molar-refractivity contribution < 1.29 is 27.1 Å². The lowest BCUT2D eigenvalue weighted by Gasteiger charge is -2.25. The molecule has 2 unspecified atom stereocenters. The molecule has 0 aliphatic rings. The van der Waals surface area contributed by atoms with Crippen molar-refractivity contribution in [3.8, 4) is 0 Å². The molecule has 15 heavy (non-hydrogen) atoms. The van der Waals surface area contributed by atoms with Crippen molar-refractivity contribution in [1.82, 2.24) is 0 Å². The van der Waals surface area contributed by atoms with E-state index in [4.69, 9.17) is 0 Å². The third-order valence-electron chi connectivity index (χ3n) is 1.66. The van der Waals surface area contributed by atoms with E-state index in [1.54, 1.807) is 22.6 Å². The molecule has 0 rings (SSSR count). The number of alkyl halides is 5. The summed E-state index contributed by atoms with van der Waals surface area (Å²) < 4.78 is 53.2. The van der Waals surface area contributed by atoms with E-state index in [1.807, 2.05) is 0 Å². The number of rotatable bonds is 4. The summed E-state index contributed by atoms with van der Waals surface area (Å²) in [6.45, 7) is 1.40. The summed E-state index contributed by atoms with van der Waals surface area (Å²) in [7, 11) is 0. The van der Waals surface area contributed by atoms with Gasteiger partial charge in [0.2, 0.25) is 5.67 Å². The lowest BCUT2D eigenvalue weighted by atomic mass is 10.0. The highest BCUT2D eigenvalue weighted by Crippen LogP contribution is 2.38. The average molecular weight is 342 g/mol. The summed E-state index contributed by atoms with van der Waals surface area (Å²) in [5.41, 5.74) is -3.25. The molecule has 0 aliphatic heterocycles. The monoisotopic (exact) mass is 342 g/mol. The minimum atomic E-state index is -4.90. The number of hydrogen-bond donors (Lipinski definition) is 0. The van der Waals surface area contributed by atoms with Crippen LogP contribution in [0, 0.1) is 0 Å². The summed E-state index contributed by atoms with van der Waals surface area (Å²) in [5, 5.41) is 0. The normalized spacial score (nSPS) is 18.1. The molecule has 2 atom stereocenters. The Bertz CT molecular complexity index is 227. The van der Waals surface area contributed by atoms with Gasteiger partial charge in [0.15, 0.2) is 0 Å². The van der Waals surface area contributed by atoms with Crippen molar-refractivity contribution in [3.63, 3.8) is 0 Å². The van der Waals surface area contributed by atoms with Crippen LogP contribution in [0.4, 0.5) is 17.6 Å². The van der Waals surface area contributed by atoms with Crippen LogP contribution in [0.3, 0.4) is 0 Å². The number of carbonyl (C=O) groups is 1. The molecule has 0 aliphatic carbocycles. The molecule has 0 saturated heterocycles. The number of carbonyl (C=O) groups excluding carboxylic acids is 1. The van der Waals surface area contributed by atoms with E-state index >= 15 is 0 Å². The minimum absolute atomic E-state index is 0.217. The fraction of sp³-hybridized carbons (Fsp3) is 0.875. The Morgan fingerprint density at radius 3 is 2.20 bits per heavy atom. The highest BCUT2D eigenvalue weighted by molar-refractivity contribution is 14.1. The Kier molecular flexibility index (Phi) is 5.28. The molecule has 0 aromatic rings. The van der Waals surface area contributed by atoms with E-state index < -0.39 is 28.2 Å². The Balaban J connectivity index is 4.16. The largest absolute Gasteiger partial charge is 0.465 e. The van der Waals surface area contributed by atoms with Gasteiger partial charge in [0.25, 0.3) is 0 Å². The van der Waals surface area contributed by atoms with Crippen molar-refractivity contribution >= 4 is 28.6 Å². The fourth-order valence-corrected chi connectivity index (χ4v) is 1.81. The van der Waals surface area contributed by atoms with Gasteiger partial charge in [0.1, 0.15) is 6.61 Å². The van der Waals surface area contributed by atoms with Crippen LogP contribution in [0.5, 0.6) is 0 Å².